The highest BCUT2D eigenvalue weighted by Gasteiger charge is 2.32. The maximum absolute atomic E-state index is 13.9. The highest BCUT2D eigenvalue weighted by molar-refractivity contribution is 6.32. The van der Waals surface area contributed by atoms with Crippen LogP contribution in [-0.4, -0.2) is 64.6 Å². The van der Waals surface area contributed by atoms with Gasteiger partial charge in [-0.15, -0.1) is 0 Å². The number of hydrogen-bond donors (Lipinski definition) is 0. The summed E-state index contributed by atoms with van der Waals surface area (Å²) in [5.74, 6) is -3.92. The molecule has 1 heterocycles. The first-order valence-electron chi connectivity index (χ1n) is 12.5. The topological polar surface area (TPSA) is 82.9 Å². The van der Waals surface area contributed by atoms with E-state index >= 15 is 0 Å². The van der Waals surface area contributed by atoms with Gasteiger partial charge in [-0.05, 0) is 52.0 Å². The average molecular weight is 598 g/mol. The smallest absolute Gasteiger partial charge is 0.410 e. The molecule has 1 amide bonds. The van der Waals surface area contributed by atoms with Crippen molar-refractivity contribution < 1.29 is 32.6 Å². The molecule has 12 heteroatoms. The Morgan fingerprint density at radius 2 is 1.68 bits per heavy atom. The quantitative estimate of drug-likeness (QED) is 0.228. The van der Waals surface area contributed by atoms with Crippen LogP contribution < -0.4 is 4.74 Å². The zero-order valence-electron chi connectivity index (χ0n) is 22.8. The number of nitrogens with zero attached hydrogens (tertiary/aromatic N) is 3. The number of rotatable bonds is 10. The number of aromatic nitrogens is 2. The maximum atomic E-state index is 13.9. The van der Waals surface area contributed by atoms with E-state index in [0.717, 1.165) is 4.90 Å². The van der Waals surface area contributed by atoms with E-state index in [4.69, 9.17) is 37.4 Å². The summed E-state index contributed by atoms with van der Waals surface area (Å²) in [6.07, 6.45) is -0.923. The van der Waals surface area contributed by atoms with Crippen molar-refractivity contribution >= 4 is 35.3 Å². The molecule has 40 heavy (non-hydrogen) atoms. The third-order valence-corrected chi connectivity index (χ3v) is 5.81. The van der Waals surface area contributed by atoms with Crippen molar-refractivity contribution in [3.8, 4) is 22.7 Å². The highest BCUT2D eigenvalue weighted by Crippen LogP contribution is 2.38. The second kappa shape index (κ2) is 12.9. The lowest BCUT2D eigenvalue weighted by molar-refractivity contribution is -0.0319. The number of amides is 1. The Hall–Kier alpha value is -3.37. The second-order valence-electron chi connectivity index (χ2n) is 9.94. The van der Waals surface area contributed by atoms with Crippen LogP contribution in [0.2, 0.25) is 10.0 Å². The molecule has 8 nitrogen and oxygen atoms in total. The normalized spacial score (nSPS) is 11.7. The van der Waals surface area contributed by atoms with Crippen molar-refractivity contribution in [2.75, 3.05) is 26.3 Å². The molecule has 0 bridgehead atoms. The number of ether oxygens (including phenoxy) is 3. The van der Waals surface area contributed by atoms with Crippen molar-refractivity contribution in [2.45, 2.75) is 46.1 Å². The summed E-state index contributed by atoms with van der Waals surface area (Å²) >= 11 is 12.6. The minimum absolute atomic E-state index is 0.0214. The van der Waals surface area contributed by atoms with Crippen LogP contribution in [0.15, 0.2) is 48.5 Å². The van der Waals surface area contributed by atoms with Crippen molar-refractivity contribution in [2.24, 2.45) is 0 Å². The number of carbonyl (C=O) groups excluding carboxylic acids is 2. The van der Waals surface area contributed by atoms with E-state index in [-0.39, 0.29) is 31.2 Å². The molecule has 0 unspecified atom stereocenters. The molecule has 0 N–H and O–H groups in total. The van der Waals surface area contributed by atoms with E-state index in [1.54, 1.807) is 76.2 Å². The summed E-state index contributed by atoms with van der Waals surface area (Å²) < 4.78 is 45.8. The summed E-state index contributed by atoms with van der Waals surface area (Å²) in [6, 6.07) is 13.6. The lowest BCUT2D eigenvalue weighted by Gasteiger charge is -2.29. The van der Waals surface area contributed by atoms with Crippen LogP contribution in [0.1, 0.15) is 45.1 Å². The highest BCUT2D eigenvalue weighted by atomic mass is 35.5. The molecule has 0 radical (unpaired) electrons. The number of benzene rings is 2. The van der Waals surface area contributed by atoms with Gasteiger partial charge in [0.05, 0.1) is 30.4 Å². The molecule has 3 aromatic rings. The molecule has 0 aliphatic rings. The lowest BCUT2D eigenvalue weighted by atomic mass is 10.1. The van der Waals surface area contributed by atoms with Gasteiger partial charge in [-0.2, -0.15) is 5.10 Å². The van der Waals surface area contributed by atoms with Gasteiger partial charge < -0.3 is 14.2 Å². The Balaban J connectivity index is 2.07. The van der Waals surface area contributed by atoms with E-state index in [2.05, 4.69) is 5.10 Å². The van der Waals surface area contributed by atoms with Crippen LogP contribution in [-0.2, 0) is 9.47 Å². The Morgan fingerprint density at radius 3 is 2.25 bits per heavy atom. The zero-order valence-corrected chi connectivity index (χ0v) is 24.4. The van der Waals surface area contributed by atoms with Crippen molar-refractivity contribution in [1.82, 2.24) is 14.7 Å². The molecule has 0 aliphatic heterocycles. The van der Waals surface area contributed by atoms with Gasteiger partial charge in [0.25, 0.3) is 5.92 Å². The molecule has 0 fully saturated rings. The Morgan fingerprint density at radius 1 is 1.02 bits per heavy atom. The minimum atomic E-state index is -3.18. The first-order chi connectivity index (χ1) is 18.7. The molecule has 0 aliphatic carbocycles. The van der Waals surface area contributed by atoms with Gasteiger partial charge in [-0.3, -0.25) is 4.90 Å². The molecule has 0 spiro atoms. The number of esters is 1. The summed E-state index contributed by atoms with van der Waals surface area (Å²) in [7, 11) is 0. The van der Waals surface area contributed by atoms with Gasteiger partial charge in [0.2, 0.25) is 5.69 Å². The molecule has 3 rings (SSSR count). The molecular formula is C28H31Cl2F2N3O5. The van der Waals surface area contributed by atoms with E-state index < -0.39 is 30.1 Å². The van der Waals surface area contributed by atoms with E-state index in [1.807, 2.05) is 0 Å². The molecule has 216 valence electrons. The predicted octanol–water partition coefficient (Wildman–Crippen LogP) is 7.29. The van der Waals surface area contributed by atoms with E-state index in [9.17, 15) is 18.4 Å². The van der Waals surface area contributed by atoms with Crippen LogP contribution >= 0.6 is 23.2 Å². The zero-order chi connectivity index (χ0) is 29.7. The van der Waals surface area contributed by atoms with E-state index in [0.29, 0.717) is 33.9 Å². The Labute approximate surface area is 241 Å². The molecule has 1 aromatic heterocycles. The largest absolute Gasteiger partial charge is 0.487 e. The third-order valence-electron chi connectivity index (χ3n) is 5.24. The second-order valence-corrected chi connectivity index (χ2v) is 10.8. The maximum Gasteiger partial charge on any atom is 0.410 e. The van der Waals surface area contributed by atoms with Crippen molar-refractivity contribution in [1.29, 1.82) is 0 Å². The molecule has 2 aromatic carbocycles. The fourth-order valence-electron chi connectivity index (χ4n) is 3.69. The minimum Gasteiger partial charge on any atom is -0.487 e. The molecule has 0 saturated carbocycles. The van der Waals surface area contributed by atoms with Crippen LogP contribution in [0.25, 0.3) is 16.9 Å². The van der Waals surface area contributed by atoms with Crippen LogP contribution in [0, 0.1) is 0 Å². The Kier molecular flexibility index (Phi) is 10.0. The predicted molar refractivity (Wildman–Crippen MR) is 149 cm³/mol. The number of alkyl halides is 2. The standard InChI is InChI=1S/C28H31Cl2F2N3O5/c1-6-38-25(36)22-24(39-16-15-34(17-28(5,31)32)26(37)40-27(2,3)4)23(18-11-13-19(29)14-12-18)35(33-22)21-10-8-7-9-20(21)30/h7-14H,6,15-17H2,1-5H3. The number of para-hydroxylation sites is 1. The summed E-state index contributed by atoms with van der Waals surface area (Å²) in [5, 5.41) is 5.30. The SMILES string of the molecule is CCOC(=O)c1nn(-c2ccccc2Cl)c(-c2ccc(Cl)cc2)c1OCCN(CC(C)(F)F)C(=O)OC(C)(C)C. The van der Waals surface area contributed by atoms with Gasteiger partial charge in [-0.25, -0.2) is 23.1 Å². The first-order valence-corrected chi connectivity index (χ1v) is 13.3. The summed E-state index contributed by atoms with van der Waals surface area (Å²) in [6.45, 7) is 5.91. The third kappa shape index (κ3) is 8.32. The number of halogens is 4. The summed E-state index contributed by atoms with van der Waals surface area (Å²) in [4.78, 5) is 26.5. The Bertz CT molecular complexity index is 1340. The van der Waals surface area contributed by atoms with Gasteiger partial charge >= 0.3 is 12.1 Å². The molecule has 0 saturated heterocycles. The number of hydrogen-bond acceptors (Lipinski definition) is 6. The summed E-state index contributed by atoms with van der Waals surface area (Å²) in [5.41, 5.74) is 0.324. The monoisotopic (exact) mass is 597 g/mol. The fourth-order valence-corrected chi connectivity index (χ4v) is 4.03. The van der Waals surface area contributed by atoms with Gasteiger partial charge in [-0.1, -0.05) is 47.5 Å². The van der Waals surface area contributed by atoms with Crippen molar-refractivity contribution in [3.05, 3.63) is 64.3 Å². The first kappa shape index (κ1) is 31.2. The van der Waals surface area contributed by atoms with Crippen LogP contribution in [0.4, 0.5) is 13.6 Å². The molecular weight excluding hydrogens is 567 g/mol. The molecule has 0 atom stereocenters. The van der Waals surface area contributed by atoms with Crippen LogP contribution in [0.3, 0.4) is 0 Å². The number of carbonyl (C=O) groups is 2. The van der Waals surface area contributed by atoms with Crippen LogP contribution in [0.5, 0.6) is 5.75 Å². The van der Waals surface area contributed by atoms with Gasteiger partial charge in [0, 0.05) is 17.5 Å². The van der Waals surface area contributed by atoms with Crippen molar-refractivity contribution in [3.63, 3.8) is 0 Å². The fraction of sp³-hybridized carbons (Fsp3) is 0.393. The van der Waals surface area contributed by atoms with E-state index in [1.165, 1.54) is 4.68 Å². The average Bonchev–Trinajstić information content (AvgIpc) is 3.22. The lowest BCUT2D eigenvalue weighted by Crippen LogP contribution is -2.44. The van der Waals surface area contributed by atoms with Gasteiger partial charge in [0.1, 0.15) is 17.9 Å². The van der Waals surface area contributed by atoms with Gasteiger partial charge in [0.15, 0.2) is 5.75 Å².